The molecule has 1 aromatic rings. The number of rotatable bonds is 6. The first kappa shape index (κ1) is 14.9. The van der Waals surface area contributed by atoms with Gasteiger partial charge in [0.25, 0.3) is 10.0 Å². The van der Waals surface area contributed by atoms with Gasteiger partial charge in [0.15, 0.2) is 11.1 Å². The zero-order valence-corrected chi connectivity index (χ0v) is 11.8. The van der Waals surface area contributed by atoms with Crippen LogP contribution in [0.1, 0.15) is 25.6 Å². The molecule has 2 rings (SSSR count). The Bertz CT molecular complexity index is 583. The van der Waals surface area contributed by atoms with E-state index in [2.05, 4.69) is 14.7 Å². The van der Waals surface area contributed by atoms with Gasteiger partial charge in [-0.3, -0.25) is 0 Å². The summed E-state index contributed by atoms with van der Waals surface area (Å²) in [6.07, 6.45) is 1.52. The van der Waals surface area contributed by atoms with Crippen LogP contribution >= 0.6 is 0 Å². The van der Waals surface area contributed by atoms with Gasteiger partial charge in [-0.25, -0.2) is 22.9 Å². The number of nitrogens with one attached hydrogen (secondary N) is 2. The number of aryl methyl sites for hydroxylation is 1. The van der Waals surface area contributed by atoms with Crippen LogP contribution in [0.15, 0.2) is 11.2 Å². The molecule has 2 heterocycles. The lowest BCUT2D eigenvalue weighted by Crippen LogP contribution is -2.33. The Morgan fingerprint density at radius 3 is 2.90 bits per heavy atom. The molecule has 0 radical (unpaired) electrons. The molecule has 3 N–H and O–H groups in total. The monoisotopic (exact) mass is 303 g/mol. The van der Waals surface area contributed by atoms with Crippen LogP contribution in [0, 0.1) is 0 Å². The zero-order chi connectivity index (χ0) is 14.8. The first-order valence-corrected chi connectivity index (χ1v) is 7.82. The molecular formula is C11H17N3O5S. The SMILES string of the molecule is CCc1ncc(S(=O)(=O)NCC2CCC(C(=O)O)O2)[nH]1. The molecule has 2 unspecified atom stereocenters. The molecule has 0 aliphatic carbocycles. The Morgan fingerprint density at radius 2 is 2.35 bits per heavy atom. The van der Waals surface area contributed by atoms with Crippen LogP contribution in [0.2, 0.25) is 0 Å². The molecule has 1 aromatic heterocycles. The number of ether oxygens (including phenoxy) is 1. The quantitative estimate of drug-likeness (QED) is 0.673. The lowest BCUT2D eigenvalue weighted by molar-refractivity contribution is -0.149. The van der Waals surface area contributed by atoms with Gasteiger partial charge in [-0.05, 0) is 12.8 Å². The van der Waals surface area contributed by atoms with Gasteiger partial charge >= 0.3 is 5.97 Å². The molecule has 112 valence electrons. The van der Waals surface area contributed by atoms with E-state index >= 15 is 0 Å². The number of carbonyl (C=O) groups is 1. The minimum absolute atomic E-state index is 0.00197. The lowest BCUT2D eigenvalue weighted by Gasteiger charge is -2.11. The van der Waals surface area contributed by atoms with Crippen molar-refractivity contribution in [3.05, 3.63) is 12.0 Å². The van der Waals surface area contributed by atoms with Crippen LogP contribution in [0.3, 0.4) is 0 Å². The number of hydrogen-bond donors (Lipinski definition) is 3. The van der Waals surface area contributed by atoms with E-state index in [4.69, 9.17) is 9.84 Å². The van der Waals surface area contributed by atoms with Crippen LogP contribution in [-0.4, -0.2) is 48.2 Å². The average molecular weight is 303 g/mol. The molecule has 2 atom stereocenters. The highest BCUT2D eigenvalue weighted by Crippen LogP contribution is 2.19. The summed E-state index contributed by atoms with van der Waals surface area (Å²) >= 11 is 0. The number of carboxylic acids is 1. The maximum Gasteiger partial charge on any atom is 0.332 e. The fraction of sp³-hybridized carbons (Fsp3) is 0.636. The van der Waals surface area contributed by atoms with Crippen molar-refractivity contribution in [2.45, 2.75) is 43.4 Å². The maximum atomic E-state index is 12.0. The van der Waals surface area contributed by atoms with Crippen molar-refractivity contribution in [2.75, 3.05) is 6.54 Å². The predicted molar refractivity (Wildman–Crippen MR) is 68.7 cm³/mol. The topological polar surface area (TPSA) is 121 Å². The van der Waals surface area contributed by atoms with Crippen molar-refractivity contribution in [3.63, 3.8) is 0 Å². The number of hydrogen-bond acceptors (Lipinski definition) is 5. The van der Waals surface area contributed by atoms with Gasteiger partial charge in [0.05, 0.1) is 12.3 Å². The summed E-state index contributed by atoms with van der Waals surface area (Å²) in [6.45, 7) is 1.91. The molecule has 20 heavy (non-hydrogen) atoms. The molecule has 9 heteroatoms. The second kappa shape index (κ2) is 5.90. The number of nitrogens with zero attached hydrogens (tertiary/aromatic N) is 1. The molecule has 0 bridgehead atoms. The molecule has 0 aromatic carbocycles. The Balaban J connectivity index is 1.92. The number of aromatic amines is 1. The summed E-state index contributed by atoms with van der Waals surface area (Å²) in [6, 6.07) is 0. The van der Waals surface area contributed by atoms with E-state index in [1.165, 1.54) is 6.20 Å². The third kappa shape index (κ3) is 3.35. The van der Waals surface area contributed by atoms with Gasteiger partial charge in [-0.2, -0.15) is 0 Å². The Labute approximate surface area is 116 Å². The van der Waals surface area contributed by atoms with Crippen molar-refractivity contribution in [1.82, 2.24) is 14.7 Å². The van der Waals surface area contributed by atoms with E-state index in [0.29, 0.717) is 25.1 Å². The van der Waals surface area contributed by atoms with E-state index in [-0.39, 0.29) is 11.6 Å². The van der Waals surface area contributed by atoms with E-state index in [1.807, 2.05) is 6.92 Å². The third-order valence-corrected chi connectivity index (χ3v) is 4.45. The van der Waals surface area contributed by atoms with Crippen LogP contribution < -0.4 is 4.72 Å². The fourth-order valence-corrected chi connectivity index (χ4v) is 2.98. The average Bonchev–Trinajstić information content (AvgIpc) is 3.05. The number of sulfonamides is 1. The van der Waals surface area contributed by atoms with Gasteiger partial charge in [0.1, 0.15) is 5.82 Å². The van der Waals surface area contributed by atoms with Crippen molar-refractivity contribution in [1.29, 1.82) is 0 Å². The second-order valence-electron chi connectivity index (χ2n) is 4.56. The molecule has 8 nitrogen and oxygen atoms in total. The molecular weight excluding hydrogens is 286 g/mol. The van der Waals surface area contributed by atoms with E-state index in [0.717, 1.165) is 0 Å². The number of imidazole rings is 1. The normalized spacial score (nSPS) is 23.1. The number of H-pyrrole nitrogens is 1. The zero-order valence-electron chi connectivity index (χ0n) is 11.0. The maximum absolute atomic E-state index is 12.0. The first-order chi connectivity index (χ1) is 9.42. The Hall–Kier alpha value is -1.45. The van der Waals surface area contributed by atoms with E-state index < -0.39 is 28.2 Å². The standard InChI is InChI=1S/C11H17N3O5S/c1-2-9-12-6-10(14-9)20(17,18)13-5-7-3-4-8(19-7)11(15)16/h6-8,13H,2-5H2,1H3,(H,12,14)(H,15,16). The summed E-state index contributed by atoms with van der Waals surface area (Å²) in [5.74, 6) is -0.426. The lowest BCUT2D eigenvalue weighted by atomic mass is 10.2. The largest absolute Gasteiger partial charge is 0.479 e. The Kier molecular flexibility index (Phi) is 4.41. The summed E-state index contributed by atoms with van der Waals surface area (Å²) in [5.41, 5.74) is 0. The highest BCUT2D eigenvalue weighted by atomic mass is 32.2. The fourth-order valence-electron chi connectivity index (χ4n) is 1.98. The van der Waals surface area contributed by atoms with Gasteiger partial charge in [0, 0.05) is 13.0 Å². The first-order valence-electron chi connectivity index (χ1n) is 6.34. The molecule has 1 aliphatic rings. The van der Waals surface area contributed by atoms with Crippen molar-refractivity contribution in [3.8, 4) is 0 Å². The number of carboxylic acid groups (broad SMARTS) is 1. The molecule has 1 aliphatic heterocycles. The summed E-state index contributed by atoms with van der Waals surface area (Å²) < 4.78 is 31.6. The van der Waals surface area contributed by atoms with Gasteiger partial charge in [-0.15, -0.1) is 0 Å². The van der Waals surface area contributed by atoms with Crippen molar-refractivity contribution < 1.29 is 23.1 Å². The Morgan fingerprint density at radius 1 is 1.60 bits per heavy atom. The molecule has 0 spiro atoms. The minimum Gasteiger partial charge on any atom is -0.479 e. The van der Waals surface area contributed by atoms with Gasteiger partial charge in [0.2, 0.25) is 0 Å². The highest BCUT2D eigenvalue weighted by Gasteiger charge is 2.31. The van der Waals surface area contributed by atoms with E-state index in [1.54, 1.807) is 0 Å². The van der Waals surface area contributed by atoms with Crippen LogP contribution in [0.25, 0.3) is 0 Å². The van der Waals surface area contributed by atoms with Crippen molar-refractivity contribution in [2.24, 2.45) is 0 Å². The smallest absolute Gasteiger partial charge is 0.332 e. The second-order valence-corrected chi connectivity index (χ2v) is 6.30. The minimum atomic E-state index is -3.67. The number of aliphatic carboxylic acids is 1. The third-order valence-electron chi connectivity index (χ3n) is 3.11. The van der Waals surface area contributed by atoms with Crippen LogP contribution in [-0.2, 0) is 26.0 Å². The summed E-state index contributed by atoms with van der Waals surface area (Å²) in [7, 11) is -3.67. The molecule has 1 fully saturated rings. The highest BCUT2D eigenvalue weighted by molar-refractivity contribution is 7.89. The predicted octanol–water partition coefficient (Wildman–Crippen LogP) is -0.117. The summed E-state index contributed by atoms with van der Waals surface area (Å²) in [5, 5.41) is 8.79. The van der Waals surface area contributed by atoms with Crippen LogP contribution in [0.4, 0.5) is 0 Å². The van der Waals surface area contributed by atoms with E-state index in [9.17, 15) is 13.2 Å². The molecule has 1 saturated heterocycles. The van der Waals surface area contributed by atoms with Gasteiger partial charge in [-0.1, -0.05) is 6.92 Å². The number of aromatic nitrogens is 2. The summed E-state index contributed by atoms with van der Waals surface area (Å²) in [4.78, 5) is 17.4. The van der Waals surface area contributed by atoms with Crippen LogP contribution in [0.5, 0.6) is 0 Å². The molecule has 0 saturated carbocycles. The van der Waals surface area contributed by atoms with Crippen molar-refractivity contribution >= 4 is 16.0 Å². The molecule has 0 amide bonds. The van der Waals surface area contributed by atoms with Gasteiger partial charge < -0.3 is 14.8 Å².